The Bertz CT molecular complexity index is 535. The maximum Gasteiger partial charge on any atom is 0.127 e. The predicted octanol–water partition coefficient (Wildman–Crippen LogP) is 3.55. The first-order chi connectivity index (χ1) is 9.20. The van der Waals surface area contributed by atoms with Gasteiger partial charge < -0.3 is 10.6 Å². The molecular formula is C16H23N3. The van der Waals surface area contributed by atoms with Crippen LogP contribution in [0.15, 0.2) is 30.3 Å². The molecule has 19 heavy (non-hydrogen) atoms. The smallest absolute Gasteiger partial charge is 0.127 e. The van der Waals surface area contributed by atoms with Crippen molar-refractivity contribution >= 4 is 16.7 Å². The Morgan fingerprint density at radius 2 is 2.00 bits per heavy atom. The SMILES string of the molecule is CCCNCc1cc(NC(C)C)nc2ccccc12. The number of anilines is 1. The van der Waals surface area contributed by atoms with Crippen molar-refractivity contribution in [2.24, 2.45) is 0 Å². The molecule has 1 heterocycles. The first-order valence-electron chi connectivity index (χ1n) is 7.06. The summed E-state index contributed by atoms with van der Waals surface area (Å²) in [4.78, 5) is 4.67. The van der Waals surface area contributed by atoms with E-state index in [1.807, 2.05) is 6.07 Å². The zero-order chi connectivity index (χ0) is 13.7. The number of hydrogen-bond acceptors (Lipinski definition) is 3. The van der Waals surface area contributed by atoms with Crippen LogP contribution in [0.4, 0.5) is 5.82 Å². The fraction of sp³-hybridized carbons (Fsp3) is 0.438. The standard InChI is InChI=1S/C16H23N3/c1-4-9-17-11-13-10-16(18-12(2)3)19-15-8-6-5-7-14(13)15/h5-8,10,12,17H,4,9,11H2,1-3H3,(H,18,19). The highest BCUT2D eigenvalue weighted by Gasteiger charge is 2.06. The second-order valence-corrected chi connectivity index (χ2v) is 5.16. The normalized spacial score (nSPS) is 11.2. The van der Waals surface area contributed by atoms with Gasteiger partial charge in [-0.05, 0) is 44.5 Å². The van der Waals surface area contributed by atoms with E-state index < -0.39 is 0 Å². The maximum atomic E-state index is 4.67. The number of para-hydroxylation sites is 1. The first kappa shape index (κ1) is 13.8. The summed E-state index contributed by atoms with van der Waals surface area (Å²) in [7, 11) is 0. The molecule has 102 valence electrons. The molecule has 0 saturated heterocycles. The van der Waals surface area contributed by atoms with Crippen LogP contribution >= 0.6 is 0 Å². The molecule has 0 atom stereocenters. The van der Waals surface area contributed by atoms with Crippen LogP contribution in [-0.4, -0.2) is 17.6 Å². The number of pyridine rings is 1. The summed E-state index contributed by atoms with van der Waals surface area (Å²) in [6.45, 7) is 8.38. The Labute approximate surface area is 115 Å². The van der Waals surface area contributed by atoms with Gasteiger partial charge in [0, 0.05) is 18.0 Å². The number of hydrogen-bond donors (Lipinski definition) is 2. The van der Waals surface area contributed by atoms with Crippen LogP contribution in [0.3, 0.4) is 0 Å². The number of aromatic nitrogens is 1. The fourth-order valence-corrected chi connectivity index (χ4v) is 2.16. The molecule has 0 amide bonds. The summed E-state index contributed by atoms with van der Waals surface area (Å²) in [5.41, 5.74) is 2.36. The monoisotopic (exact) mass is 257 g/mol. The molecule has 1 aromatic heterocycles. The van der Waals surface area contributed by atoms with Crippen molar-refractivity contribution in [3.8, 4) is 0 Å². The first-order valence-corrected chi connectivity index (χ1v) is 7.06. The Morgan fingerprint density at radius 1 is 1.21 bits per heavy atom. The maximum absolute atomic E-state index is 4.67. The average molecular weight is 257 g/mol. The molecule has 0 aliphatic heterocycles. The van der Waals surface area contributed by atoms with Crippen LogP contribution in [-0.2, 0) is 6.54 Å². The minimum absolute atomic E-state index is 0.394. The Balaban J connectivity index is 2.34. The van der Waals surface area contributed by atoms with Crippen molar-refractivity contribution in [3.63, 3.8) is 0 Å². The van der Waals surface area contributed by atoms with E-state index in [1.54, 1.807) is 0 Å². The Hall–Kier alpha value is -1.61. The molecule has 0 aliphatic carbocycles. The number of benzene rings is 1. The van der Waals surface area contributed by atoms with E-state index in [1.165, 1.54) is 10.9 Å². The Morgan fingerprint density at radius 3 is 2.74 bits per heavy atom. The van der Waals surface area contributed by atoms with Gasteiger partial charge in [-0.15, -0.1) is 0 Å². The van der Waals surface area contributed by atoms with E-state index in [9.17, 15) is 0 Å². The largest absolute Gasteiger partial charge is 0.368 e. The van der Waals surface area contributed by atoms with Crippen LogP contribution in [0.5, 0.6) is 0 Å². The molecule has 3 nitrogen and oxygen atoms in total. The molecule has 2 N–H and O–H groups in total. The third-order valence-corrected chi connectivity index (χ3v) is 2.98. The second kappa shape index (κ2) is 6.53. The minimum Gasteiger partial charge on any atom is -0.368 e. The lowest BCUT2D eigenvalue weighted by atomic mass is 10.1. The minimum atomic E-state index is 0.394. The third-order valence-electron chi connectivity index (χ3n) is 2.98. The van der Waals surface area contributed by atoms with E-state index in [4.69, 9.17) is 0 Å². The molecule has 0 radical (unpaired) electrons. The molecule has 3 heteroatoms. The van der Waals surface area contributed by atoms with Gasteiger partial charge in [-0.25, -0.2) is 4.98 Å². The van der Waals surface area contributed by atoms with Crippen LogP contribution in [0.1, 0.15) is 32.8 Å². The number of nitrogens with zero attached hydrogens (tertiary/aromatic N) is 1. The summed E-state index contributed by atoms with van der Waals surface area (Å²) >= 11 is 0. The fourth-order valence-electron chi connectivity index (χ4n) is 2.16. The molecule has 1 aromatic carbocycles. The third kappa shape index (κ3) is 3.67. The highest BCUT2D eigenvalue weighted by molar-refractivity contribution is 5.84. The van der Waals surface area contributed by atoms with Crippen molar-refractivity contribution in [2.45, 2.75) is 39.8 Å². The summed E-state index contributed by atoms with van der Waals surface area (Å²) < 4.78 is 0. The van der Waals surface area contributed by atoms with Crippen LogP contribution in [0, 0.1) is 0 Å². The zero-order valence-corrected chi connectivity index (χ0v) is 12.0. The van der Waals surface area contributed by atoms with Gasteiger partial charge in [0.05, 0.1) is 5.52 Å². The summed E-state index contributed by atoms with van der Waals surface area (Å²) in [6, 6.07) is 10.9. The lowest BCUT2D eigenvalue weighted by Gasteiger charge is -2.13. The van der Waals surface area contributed by atoms with Gasteiger partial charge in [-0.2, -0.15) is 0 Å². The predicted molar refractivity (Wildman–Crippen MR) is 82.5 cm³/mol. The average Bonchev–Trinajstić information content (AvgIpc) is 2.38. The summed E-state index contributed by atoms with van der Waals surface area (Å²) in [5.74, 6) is 0.960. The van der Waals surface area contributed by atoms with Gasteiger partial charge in [0.1, 0.15) is 5.82 Å². The van der Waals surface area contributed by atoms with Gasteiger partial charge in [0.15, 0.2) is 0 Å². The number of fused-ring (bicyclic) bond motifs is 1. The van der Waals surface area contributed by atoms with Gasteiger partial charge >= 0.3 is 0 Å². The Kier molecular flexibility index (Phi) is 4.74. The van der Waals surface area contributed by atoms with Crippen molar-refractivity contribution in [1.82, 2.24) is 10.3 Å². The van der Waals surface area contributed by atoms with Crippen molar-refractivity contribution < 1.29 is 0 Å². The van der Waals surface area contributed by atoms with Gasteiger partial charge in [0.2, 0.25) is 0 Å². The van der Waals surface area contributed by atoms with Crippen LogP contribution in [0.25, 0.3) is 10.9 Å². The number of rotatable bonds is 6. The molecular weight excluding hydrogens is 234 g/mol. The molecule has 0 fully saturated rings. The topological polar surface area (TPSA) is 37.0 Å². The van der Waals surface area contributed by atoms with Crippen molar-refractivity contribution in [3.05, 3.63) is 35.9 Å². The van der Waals surface area contributed by atoms with Gasteiger partial charge in [-0.1, -0.05) is 25.1 Å². The highest BCUT2D eigenvalue weighted by Crippen LogP contribution is 2.21. The highest BCUT2D eigenvalue weighted by atomic mass is 15.0. The molecule has 0 saturated carbocycles. The second-order valence-electron chi connectivity index (χ2n) is 5.16. The van der Waals surface area contributed by atoms with Crippen molar-refractivity contribution in [1.29, 1.82) is 0 Å². The van der Waals surface area contributed by atoms with Crippen LogP contribution < -0.4 is 10.6 Å². The molecule has 2 rings (SSSR count). The molecule has 2 aromatic rings. The molecule has 0 spiro atoms. The van der Waals surface area contributed by atoms with E-state index in [0.717, 1.165) is 30.8 Å². The van der Waals surface area contributed by atoms with E-state index >= 15 is 0 Å². The summed E-state index contributed by atoms with van der Waals surface area (Å²) in [5, 5.41) is 8.09. The van der Waals surface area contributed by atoms with Gasteiger partial charge in [0.25, 0.3) is 0 Å². The zero-order valence-electron chi connectivity index (χ0n) is 12.0. The molecule has 0 bridgehead atoms. The molecule has 0 aliphatic rings. The summed E-state index contributed by atoms with van der Waals surface area (Å²) in [6.07, 6.45) is 1.15. The lowest BCUT2D eigenvalue weighted by Crippen LogP contribution is -2.16. The van der Waals surface area contributed by atoms with E-state index in [-0.39, 0.29) is 0 Å². The molecule has 0 unspecified atom stereocenters. The van der Waals surface area contributed by atoms with Crippen LogP contribution in [0.2, 0.25) is 0 Å². The van der Waals surface area contributed by atoms with E-state index in [2.05, 4.69) is 60.7 Å². The van der Waals surface area contributed by atoms with E-state index in [0.29, 0.717) is 6.04 Å². The van der Waals surface area contributed by atoms with Crippen molar-refractivity contribution in [2.75, 3.05) is 11.9 Å². The number of nitrogens with one attached hydrogen (secondary N) is 2. The van der Waals surface area contributed by atoms with Gasteiger partial charge in [-0.3, -0.25) is 0 Å². The lowest BCUT2D eigenvalue weighted by molar-refractivity contribution is 0.678. The quantitative estimate of drug-likeness (QED) is 0.777.